The Morgan fingerprint density at radius 1 is 1.47 bits per heavy atom. The summed E-state index contributed by atoms with van der Waals surface area (Å²) < 4.78 is 0. The first-order valence-electron chi connectivity index (χ1n) is 6.71. The van der Waals surface area contributed by atoms with Gasteiger partial charge in [-0.25, -0.2) is 0 Å². The summed E-state index contributed by atoms with van der Waals surface area (Å²) in [6.45, 7) is 4.08. The minimum Gasteiger partial charge on any atom is -0.392 e. The molecule has 3 N–H and O–H groups in total. The number of benzene rings is 1. The fourth-order valence-electron chi connectivity index (χ4n) is 2.55. The Labute approximate surface area is 119 Å². The highest BCUT2D eigenvalue weighted by atomic mass is 32.1. The fraction of sp³-hybridized carbons (Fsp3) is 0.467. The van der Waals surface area contributed by atoms with Crippen molar-refractivity contribution >= 4 is 28.8 Å². The van der Waals surface area contributed by atoms with E-state index in [1.807, 2.05) is 25.1 Å². The molecule has 19 heavy (non-hydrogen) atoms. The molecule has 1 aromatic carbocycles. The van der Waals surface area contributed by atoms with Crippen molar-refractivity contribution in [2.45, 2.75) is 39.5 Å². The molecule has 1 saturated carbocycles. The van der Waals surface area contributed by atoms with Crippen molar-refractivity contribution in [1.82, 2.24) is 0 Å². The zero-order chi connectivity index (χ0) is 14.0. The molecule has 1 aliphatic carbocycles. The van der Waals surface area contributed by atoms with Crippen LogP contribution in [0.3, 0.4) is 0 Å². The van der Waals surface area contributed by atoms with Gasteiger partial charge in [0.2, 0.25) is 5.91 Å². The van der Waals surface area contributed by atoms with Crippen molar-refractivity contribution in [1.29, 1.82) is 0 Å². The Bertz CT molecular complexity index is 521. The molecule has 0 radical (unpaired) electrons. The molecular weight excluding hydrogens is 256 g/mol. The standard InChI is InChI=1S/C15H20N2OS/c1-3-11-7-4-6-10(2)12(11)17-14(18)15(13(16)19)8-5-9-15/h4,6-7H,3,5,8-9H2,1-2H3,(H2,16,19)(H,17,18). The minimum absolute atomic E-state index is 0.0461. The molecule has 0 aliphatic heterocycles. The van der Waals surface area contributed by atoms with E-state index in [0.29, 0.717) is 4.99 Å². The quantitative estimate of drug-likeness (QED) is 0.831. The second kappa shape index (κ2) is 5.29. The zero-order valence-electron chi connectivity index (χ0n) is 11.5. The predicted molar refractivity (Wildman–Crippen MR) is 82.3 cm³/mol. The molecule has 4 heteroatoms. The molecule has 1 fully saturated rings. The molecule has 0 aromatic heterocycles. The van der Waals surface area contributed by atoms with Crippen LogP contribution in [0.5, 0.6) is 0 Å². The summed E-state index contributed by atoms with van der Waals surface area (Å²) in [5, 5.41) is 3.05. The van der Waals surface area contributed by atoms with Gasteiger partial charge in [0.25, 0.3) is 0 Å². The number of nitrogens with one attached hydrogen (secondary N) is 1. The van der Waals surface area contributed by atoms with E-state index < -0.39 is 5.41 Å². The molecule has 0 atom stereocenters. The lowest BCUT2D eigenvalue weighted by Crippen LogP contribution is -2.50. The highest BCUT2D eigenvalue weighted by molar-refractivity contribution is 7.80. The van der Waals surface area contributed by atoms with Gasteiger partial charge in [-0.2, -0.15) is 0 Å². The van der Waals surface area contributed by atoms with E-state index in [2.05, 4.69) is 12.2 Å². The van der Waals surface area contributed by atoms with Crippen LogP contribution in [0.15, 0.2) is 18.2 Å². The number of nitrogens with two attached hydrogens (primary N) is 1. The van der Waals surface area contributed by atoms with E-state index in [1.165, 1.54) is 0 Å². The molecule has 0 bridgehead atoms. The van der Waals surface area contributed by atoms with Gasteiger partial charge in [-0.3, -0.25) is 4.79 Å². The Kier molecular flexibility index (Phi) is 3.90. The highest BCUT2D eigenvalue weighted by Crippen LogP contribution is 2.42. The second-order valence-corrected chi connectivity index (χ2v) is 5.66. The van der Waals surface area contributed by atoms with E-state index in [4.69, 9.17) is 18.0 Å². The summed E-state index contributed by atoms with van der Waals surface area (Å²) in [7, 11) is 0. The van der Waals surface area contributed by atoms with Crippen LogP contribution in [0, 0.1) is 12.3 Å². The Hall–Kier alpha value is -1.42. The van der Waals surface area contributed by atoms with Crippen molar-refractivity contribution in [3.63, 3.8) is 0 Å². The molecular formula is C15H20N2OS. The predicted octanol–water partition coefficient (Wildman–Crippen LogP) is 2.95. The first kappa shape index (κ1) is 14.0. The molecule has 0 unspecified atom stereocenters. The molecule has 102 valence electrons. The summed E-state index contributed by atoms with van der Waals surface area (Å²) >= 11 is 5.08. The number of anilines is 1. The topological polar surface area (TPSA) is 55.1 Å². The van der Waals surface area contributed by atoms with Gasteiger partial charge < -0.3 is 11.1 Å². The van der Waals surface area contributed by atoms with Crippen molar-refractivity contribution in [3.8, 4) is 0 Å². The first-order chi connectivity index (χ1) is 9.01. The smallest absolute Gasteiger partial charge is 0.237 e. The molecule has 3 nitrogen and oxygen atoms in total. The molecule has 1 aromatic rings. The summed E-state index contributed by atoms with van der Waals surface area (Å²) in [6.07, 6.45) is 3.43. The highest BCUT2D eigenvalue weighted by Gasteiger charge is 2.47. The lowest BCUT2D eigenvalue weighted by atomic mass is 9.68. The molecule has 2 rings (SSSR count). The van der Waals surface area contributed by atoms with Crippen LogP contribution < -0.4 is 11.1 Å². The van der Waals surface area contributed by atoms with Crippen LogP contribution in [0.4, 0.5) is 5.69 Å². The first-order valence-corrected chi connectivity index (χ1v) is 7.12. The van der Waals surface area contributed by atoms with Crippen LogP contribution in [0.2, 0.25) is 0 Å². The number of para-hydroxylation sites is 1. The summed E-state index contributed by atoms with van der Waals surface area (Å²) in [4.78, 5) is 12.8. The second-order valence-electron chi connectivity index (χ2n) is 5.22. The molecule has 1 aliphatic rings. The fourth-order valence-corrected chi connectivity index (χ4v) is 2.85. The Morgan fingerprint density at radius 3 is 2.63 bits per heavy atom. The minimum atomic E-state index is -0.622. The van der Waals surface area contributed by atoms with Gasteiger partial charge in [-0.15, -0.1) is 0 Å². The van der Waals surface area contributed by atoms with Crippen LogP contribution in [0.25, 0.3) is 0 Å². The number of aryl methyl sites for hydroxylation is 2. The zero-order valence-corrected chi connectivity index (χ0v) is 12.3. The maximum Gasteiger partial charge on any atom is 0.237 e. The number of thiocarbonyl (C=S) groups is 1. The molecule has 0 spiro atoms. The molecule has 1 amide bonds. The van der Waals surface area contributed by atoms with Crippen LogP contribution in [-0.2, 0) is 11.2 Å². The summed E-state index contributed by atoms with van der Waals surface area (Å²) in [5.74, 6) is -0.0461. The third-order valence-corrected chi connectivity index (χ3v) is 4.48. The van der Waals surface area contributed by atoms with E-state index in [9.17, 15) is 4.79 Å². The van der Waals surface area contributed by atoms with E-state index in [-0.39, 0.29) is 5.91 Å². The summed E-state index contributed by atoms with van der Waals surface area (Å²) in [5.41, 5.74) is 8.28. The number of carbonyl (C=O) groups excluding carboxylic acids is 1. The van der Waals surface area contributed by atoms with Gasteiger partial charge in [-0.1, -0.05) is 43.8 Å². The van der Waals surface area contributed by atoms with Crippen LogP contribution in [-0.4, -0.2) is 10.9 Å². The largest absolute Gasteiger partial charge is 0.392 e. The normalized spacial score (nSPS) is 16.5. The lowest BCUT2D eigenvalue weighted by molar-refractivity contribution is -0.125. The van der Waals surface area contributed by atoms with Crippen molar-refractivity contribution in [2.24, 2.45) is 11.1 Å². The van der Waals surface area contributed by atoms with Gasteiger partial charge in [0.05, 0.1) is 10.4 Å². The average molecular weight is 276 g/mol. The third kappa shape index (κ3) is 2.37. The lowest BCUT2D eigenvalue weighted by Gasteiger charge is -2.39. The van der Waals surface area contributed by atoms with Gasteiger partial charge in [0.1, 0.15) is 0 Å². The number of hydrogen-bond donors (Lipinski definition) is 2. The monoisotopic (exact) mass is 276 g/mol. The third-order valence-electron chi connectivity index (χ3n) is 4.09. The maximum absolute atomic E-state index is 12.5. The number of hydrogen-bond acceptors (Lipinski definition) is 2. The Balaban J connectivity index is 2.27. The molecule has 0 saturated heterocycles. The molecule has 0 heterocycles. The average Bonchev–Trinajstić information content (AvgIpc) is 2.29. The van der Waals surface area contributed by atoms with Crippen LogP contribution >= 0.6 is 12.2 Å². The van der Waals surface area contributed by atoms with Gasteiger partial charge >= 0.3 is 0 Å². The summed E-state index contributed by atoms with van der Waals surface area (Å²) in [6, 6.07) is 6.05. The van der Waals surface area contributed by atoms with Gasteiger partial charge in [0.15, 0.2) is 0 Å². The Morgan fingerprint density at radius 2 is 2.16 bits per heavy atom. The number of rotatable bonds is 4. The van der Waals surface area contributed by atoms with E-state index >= 15 is 0 Å². The van der Waals surface area contributed by atoms with E-state index in [1.54, 1.807) is 0 Å². The van der Waals surface area contributed by atoms with Crippen LogP contribution in [0.1, 0.15) is 37.3 Å². The maximum atomic E-state index is 12.5. The van der Waals surface area contributed by atoms with Gasteiger partial charge in [0, 0.05) is 5.69 Å². The SMILES string of the molecule is CCc1cccc(C)c1NC(=O)C1(C(N)=S)CCC1. The van der Waals surface area contributed by atoms with Crippen molar-refractivity contribution in [3.05, 3.63) is 29.3 Å². The number of carbonyl (C=O) groups is 1. The van der Waals surface area contributed by atoms with Crippen molar-refractivity contribution in [2.75, 3.05) is 5.32 Å². The van der Waals surface area contributed by atoms with Gasteiger partial charge in [-0.05, 0) is 37.3 Å². The number of amides is 1. The van der Waals surface area contributed by atoms with E-state index in [0.717, 1.165) is 42.5 Å². The van der Waals surface area contributed by atoms with Crippen molar-refractivity contribution < 1.29 is 4.79 Å².